The maximum Gasteiger partial charge on any atom is 0.331 e. The minimum absolute atomic E-state index is 0.0894. The Balaban J connectivity index is 2.53. The zero-order valence-corrected chi connectivity index (χ0v) is 9.04. The molecule has 0 spiro atoms. The van der Waals surface area contributed by atoms with Gasteiger partial charge in [0, 0.05) is 5.75 Å². The van der Waals surface area contributed by atoms with E-state index in [1.807, 2.05) is 5.32 Å². The zero-order valence-electron chi connectivity index (χ0n) is 8.23. The third kappa shape index (κ3) is 2.94. The number of hydrogen-bond donors (Lipinski definition) is 4. The molecule has 4 amide bonds. The fourth-order valence-corrected chi connectivity index (χ4v) is 1.57. The Kier molecular flexibility index (Phi) is 3.85. The van der Waals surface area contributed by atoms with Crippen LogP contribution in [0.5, 0.6) is 0 Å². The molecule has 88 valence electrons. The van der Waals surface area contributed by atoms with Crippen LogP contribution in [-0.4, -0.2) is 46.3 Å². The highest BCUT2D eigenvalue weighted by Crippen LogP contribution is 2.06. The van der Waals surface area contributed by atoms with Gasteiger partial charge < -0.3 is 11.5 Å². The quantitative estimate of drug-likeness (QED) is 0.258. The molecule has 1 aliphatic rings. The molecule has 1 atom stereocenters. The van der Waals surface area contributed by atoms with Gasteiger partial charge in [0.25, 0.3) is 0 Å². The molecule has 8 nitrogen and oxygen atoms in total. The van der Waals surface area contributed by atoms with Crippen LogP contribution in [0.2, 0.25) is 0 Å². The van der Waals surface area contributed by atoms with Gasteiger partial charge in [-0.15, -0.1) is 0 Å². The topological polar surface area (TPSA) is 142 Å². The minimum atomic E-state index is -0.967. The van der Waals surface area contributed by atoms with Crippen LogP contribution in [0.15, 0.2) is 0 Å². The number of imide groups is 2. The van der Waals surface area contributed by atoms with Crippen molar-refractivity contribution in [3.8, 4) is 0 Å². The van der Waals surface area contributed by atoms with Crippen molar-refractivity contribution in [2.24, 2.45) is 11.5 Å². The molecule has 0 aromatic carbocycles. The van der Waals surface area contributed by atoms with Crippen LogP contribution < -0.4 is 16.8 Å². The van der Waals surface area contributed by atoms with Gasteiger partial charge >= 0.3 is 6.03 Å². The first-order chi connectivity index (χ1) is 7.41. The van der Waals surface area contributed by atoms with Crippen molar-refractivity contribution in [2.75, 3.05) is 12.3 Å². The summed E-state index contributed by atoms with van der Waals surface area (Å²) < 4.78 is 0. The summed E-state index contributed by atoms with van der Waals surface area (Å²) in [6.45, 7) is -0.309. The molecule has 1 fully saturated rings. The summed E-state index contributed by atoms with van der Waals surface area (Å²) in [4.78, 5) is 34.3. The van der Waals surface area contributed by atoms with Crippen molar-refractivity contribution >= 4 is 34.8 Å². The molecule has 1 heterocycles. The number of nitrogens with two attached hydrogens (primary N) is 2. The maximum absolute atomic E-state index is 11.6. The van der Waals surface area contributed by atoms with Crippen LogP contribution >= 0.6 is 11.8 Å². The molecule has 0 saturated carbocycles. The molecule has 1 saturated heterocycles. The van der Waals surface area contributed by atoms with Crippen LogP contribution in [0, 0.1) is 5.41 Å². The van der Waals surface area contributed by atoms with Gasteiger partial charge in [0.2, 0.25) is 11.8 Å². The van der Waals surface area contributed by atoms with Crippen molar-refractivity contribution in [2.45, 2.75) is 6.04 Å². The zero-order chi connectivity index (χ0) is 12.3. The van der Waals surface area contributed by atoms with Crippen LogP contribution in [0.25, 0.3) is 0 Å². The summed E-state index contributed by atoms with van der Waals surface area (Å²) >= 11 is 0.900. The molecular formula is C7H11N5O3S. The number of rotatable bonds is 3. The van der Waals surface area contributed by atoms with Gasteiger partial charge in [-0.1, -0.05) is 11.8 Å². The molecule has 0 unspecified atom stereocenters. The summed E-state index contributed by atoms with van der Waals surface area (Å²) in [5, 5.41) is 8.74. The van der Waals surface area contributed by atoms with E-state index in [1.165, 1.54) is 0 Å². The normalized spacial score (nSPS) is 17.2. The Bertz CT molecular complexity index is 358. The first-order valence-corrected chi connectivity index (χ1v) is 5.28. The Morgan fingerprint density at radius 3 is 2.69 bits per heavy atom. The van der Waals surface area contributed by atoms with Gasteiger partial charge in [-0.2, -0.15) is 0 Å². The van der Waals surface area contributed by atoms with Gasteiger partial charge in [0.15, 0.2) is 5.17 Å². The average molecular weight is 245 g/mol. The highest BCUT2D eigenvalue weighted by Gasteiger charge is 2.34. The van der Waals surface area contributed by atoms with Gasteiger partial charge in [0.05, 0.1) is 6.04 Å². The standard InChI is InChI=1S/C7H11N5O3S/c8-3(2-16-6(9)10)5(14)12-1-4(13)11-7(12)15/h3H,1-2,8H2,(H3,9,10)(H,11,13,15)/t3-/m0/s1. The molecular weight excluding hydrogens is 234 g/mol. The summed E-state index contributed by atoms with van der Waals surface area (Å²) in [7, 11) is 0. The molecule has 6 N–H and O–H groups in total. The van der Waals surface area contributed by atoms with Crippen LogP contribution in [0.4, 0.5) is 4.79 Å². The lowest BCUT2D eigenvalue weighted by atomic mass is 10.3. The number of nitrogens with one attached hydrogen (secondary N) is 2. The van der Waals surface area contributed by atoms with Crippen molar-refractivity contribution in [3.05, 3.63) is 0 Å². The third-order valence-corrected chi connectivity index (χ3v) is 2.63. The molecule has 0 bridgehead atoms. The average Bonchev–Trinajstić information content (AvgIpc) is 2.53. The second-order valence-corrected chi connectivity index (χ2v) is 4.12. The number of carbonyl (C=O) groups excluding carboxylic acids is 3. The van der Waals surface area contributed by atoms with Crippen molar-refractivity contribution < 1.29 is 14.4 Å². The molecule has 1 aliphatic heterocycles. The van der Waals surface area contributed by atoms with E-state index in [4.69, 9.17) is 16.9 Å². The number of hydrogen-bond acceptors (Lipinski definition) is 6. The second-order valence-electron chi connectivity index (χ2n) is 3.06. The number of thioether (sulfide) groups is 1. The number of amides is 4. The Labute approximate surface area is 95.2 Å². The fraction of sp³-hybridized carbons (Fsp3) is 0.429. The van der Waals surface area contributed by atoms with Crippen LogP contribution in [0.1, 0.15) is 0 Å². The minimum Gasteiger partial charge on any atom is -0.379 e. The molecule has 0 aromatic heterocycles. The molecule has 0 aliphatic carbocycles. The van der Waals surface area contributed by atoms with Crippen LogP contribution in [-0.2, 0) is 9.59 Å². The van der Waals surface area contributed by atoms with E-state index >= 15 is 0 Å². The van der Waals surface area contributed by atoms with Gasteiger partial charge in [-0.05, 0) is 0 Å². The van der Waals surface area contributed by atoms with Crippen LogP contribution in [0.3, 0.4) is 0 Å². The van der Waals surface area contributed by atoms with Crippen molar-refractivity contribution in [1.82, 2.24) is 10.2 Å². The predicted octanol–water partition coefficient (Wildman–Crippen LogP) is -1.98. The van der Waals surface area contributed by atoms with Crippen molar-refractivity contribution in [3.63, 3.8) is 0 Å². The van der Waals surface area contributed by atoms with E-state index in [-0.39, 0.29) is 17.5 Å². The smallest absolute Gasteiger partial charge is 0.331 e. The SMILES string of the molecule is N=C(N)SC[C@H](N)C(=O)N1CC(=O)NC1=O. The lowest BCUT2D eigenvalue weighted by Gasteiger charge is -2.16. The molecule has 16 heavy (non-hydrogen) atoms. The molecule has 0 radical (unpaired) electrons. The summed E-state index contributed by atoms with van der Waals surface area (Å²) in [6, 6.07) is -1.73. The first-order valence-electron chi connectivity index (χ1n) is 4.29. The molecule has 1 rings (SSSR count). The largest absolute Gasteiger partial charge is 0.379 e. The Hall–Kier alpha value is -1.61. The molecule has 0 aromatic rings. The third-order valence-electron chi connectivity index (χ3n) is 1.79. The van der Waals surface area contributed by atoms with Gasteiger partial charge in [-0.25, -0.2) is 4.79 Å². The van der Waals surface area contributed by atoms with E-state index in [2.05, 4.69) is 0 Å². The highest BCUT2D eigenvalue weighted by atomic mass is 32.2. The summed E-state index contributed by atoms with van der Waals surface area (Å²) in [5.41, 5.74) is 10.6. The van der Waals surface area contributed by atoms with Crippen molar-refractivity contribution in [1.29, 1.82) is 5.41 Å². The molecule has 9 heteroatoms. The second kappa shape index (κ2) is 4.94. The van der Waals surface area contributed by atoms with E-state index in [0.29, 0.717) is 0 Å². The van der Waals surface area contributed by atoms with E-state index in [1.54, 1.807) is 0 Å². The van der Waals surface area contributed by atoms with Gasteiger partial charge in [0.1, 0.15) is 6.54 Å². The van der Waals surface area contributed by atoms with E-state index in [0.717, 1.165) is 16.7 Å². The van der Waals surface area contributed by atoms with Gasteiger partial charge in [-0.3, -0.25) is 25.2 Å². The lowest BCUT2D eigenvalue weighted by molar-refractivity contribution is -0.130. The van der Waals surface area contributed by atoms with E-state index in [9.17, 15) is 14.4 Å². The maximum atomic E-state index is 11.6. The summed E-state index contributed by atoms with van der Waals surface area (Å²) in [6.07, 6.45) is 0. The fourth-order valence-electron chi connectivity index (χ4n) is 1.07. The highest BCUT2D eigenvalue weighted by molar-refractivity contribution is 8.13. The number of urea groups is 1. The Morgan fingerprint density at radius 2 is 2.25 bits per heavy atom. The number of amidine groups is 1. The predicted molar refractivity (Wildman–Crippen MR) is 57.6 cm³/mol. The lowest BCUT2D eigenvalue weighted by Crippen LogP contribution is -2.46. The van der Waals surface area contributed by atoms with E-state index < -0.39 is 23.9 Å². The Morgan fingerprint density at radius 1 is 1.62 bits per heavy atom. The number of carbonyl (C=O) groups is 3. The summed E-state index contributed by atoms with van der Waals surface area (Å²) in [5.74, 6) is -1.10. The first kappa shape index (κ1) is 12.5. The number of nitrogens with zero attached hydrogens (tertiary/aromatic N) is 1. The monoisotopic (exact) mass is 245 g/mol.